The second kappa shape index (κ2) is 5.58. The maximum atomic E-state index is 11.3. The summed E-state index contributed by atoms with van der Waals surface area (Å²) in [6.07, 6.45) is 2.85. The Balaban J connectivity index is 2.32. The second-order valence-corrected chi connectivity index (χ2v) is 4.06. The molecule has 0 N–H and O–H groups in total. The SMILES string of the molecule is CCCOc1cccc2c1ccn2CC(=O)OC. The highest BCUT2D eigenvalue weighted by molar-refractivity contribution is 5.87. The first-order chi connectivity index (χ1) is 8.76. The van der Waals surface area contributed by atoms with E-state index in [0.717, 1.165) is 23.1 Å². The molecule has 0 unspecified atom stereocenters. The van der Waals surface area contributed by atoms with E-state index in [2.05, 4.69) is 11.7 Å². The fourth-order valence-corrected chi connectivity index (χ4v) is 1.87. The van der Waals surface area contributed by atoms with Gasteiger partial charge in [-0.15, -0.1) is 0 Å². The van der Waals surface area contributed by atoms with Crippen LogP contribution in [-0.2, 0) is 16.1 Å². The predicted octanol–water partition coefficient (Wildman–Crippen LogP) is 2.60. The molecule has 0 amide bonds. The minimum atomic E-state index is -0.257. The Labute approximate surface area is 106 Å². The van der Waals surface area contributed by atoms with E-state index in [9.17, 15) is 4.79 Å². The number of benzene rings is 1. The highest BCUT2D eigenvalue weighted by atomic mass is 16.5. The molecule has 2 aromatic rings. The molecule has 0 bridgehead atoms. The molecular formula is C14H17NO3. The van der Waals surface area contributed by atoms with Gasteiger partial charge in [0.1, 0.15) is 12.3 Å². The van der Waals surface area contributed by atoms with Gasteiger partial charge in [0.15, 0.2) is 0 Å². The van der Waals surface area contributed by atoms with Crippen molar-refractivity contribution in [1.29, 1.82) is 0 Å². The Morgan fingerprint density at radius 2 is 2.17 bits per heavy atom. The highest BCUT2D eigenvalue weighted by Crippen LogP contribution is 2.26. The number of ether oxygens (including phenoxy) is 2. The van der Waals surface area contributed by atoms with Crippen LogP contribution < -0.4 is 4.74 Å². The number of hydrogen-bond donors (Lipinski definition) is 0. The fourth-order valence-electron chi connectivity index (χ4n) is 1.87. The van der Waals surface area contributed by atoms with Crippen LogP contribution in [0.2, 0.25) is 0 Å². The van der Waals surface area contributed by atoms with E-state index >= 15 is 0 Å². The topological polar surface area (TPSA) is 40.5 Å². The lowest BCUT2D eigenvalue weighted by Gasteiger charge is -2.07. The molecule has 2 rings (SSSR count). The van der Waals surface area contributed by atoms with Crippen LogP contribution in [0.25, 0.3) is 10.9 Å². The molecule has 4 heteroatoms. The van der Waals surface area contributed by atoms with E-state index in [0.29, 0.717) is 6.61 Å². The van der Waals surface area contributed by atoms with Gasteiger partial charge in [0.05, 0.1) is 19.2 Å². The minimum absolute atomic E-state index is 0.219. The first kappa shape index (κ1) is 12.5. The number of nitrogens with zero attached hydrogens (tertiary/aromatic N) is 1. The summed E-state index contributed by atoms with van der Waals surface area (Å²) >= 11 is 0. The highest BCUT2D eigenvalue weighted by Gasteiger charge is 2.09. The van der Waals surface area contributed by atoms with Gasteiger partial charge in [0.2, 0.25) is 0 Å². The van der Waals surface area contributed by atoms with Gasteiger partial charge >= 0.3 is 5.97 Å². The summed E-state index contributed by atoms with van der Waals surface area (Å²) < 4.78 is 12.2. The molecule has 0 spiro atoms. The van der Waals surface area contributed by atoms with Crippen molar-refractivity contribution in [1.82, 2.24) is 4.57 Å². The van der Waals surface area contributed by atoms with Crippen LogP contribution >= 0.6 is 0 Å². The molecule has 1 aromatic carbocycles. The molecular weight excluding hydrogens is 230 g/mol. The van der Waals surface area contributed by atoms with Crippen molar-refractivity contribution in [3.05, 3.63) is 30.5 Å². The third-order valence-corrected chi connectivity index (χ3v) is 2.76. The Morgan fingerprint density at radius 3 is 2.89 bits per heavy atom. The van der Waals surface area contributed by atoms with Gasteiger partial charge in [-0.1, -0.05) is 13.0 Å². The van der Waals surface area contributed by atoms with E-state index in [1.54, 1.807) is 0 Å². The quantitative estimate of drug-likeness (QED) is 0.762. The Hall–Kier alpha value is -1.97. The average Bonchev–Trinajstić information content (AvgIpc) is 2.80. The summed E-state index contributed by atoms with van der Waals surface area (Å²) in [6.45, 7) is 2.99. The molecule has 0 fully saturated rings. The Morgan fingerprint density at radius 1 is 1.33 bits per heavy atom. The smallest absolute Gasteiger partial charge is 0.325 e. The number of rotatable bonds is 5. The molecule has 0 radical (unpaired) electrons. The summed E-state index contributed by atoms with van der Waals surface area (Å²) in [7, 11) is 1.39. The average molecular weight is 247 g/mol. The van der Waals surface area contributed by atoms with Gasteiger partial charge < -0.3 is 14.0 Å². The summed E-state index contributed by atoms with van der Waals surface area (Å²) in [6, 6.07) is 7.81. The molecule has 0 atom stereocenters. The van der Waals surface area contributed by atoms with Gasteiger partial charge in [-0.05, 0) is 24.6 Å². The van der Waals surface area contributed by atoms with Gasteiger partial charge in [-0.3, -0.25) is 4.79 Å². The van der Waals surface area contributed by atoms with Crippen LogP contribution in [0.1, 0.15) is 13.3 Å². The van der Waals surface area contributed by atoms with Crippen molar-refractivity contribution in [3.63, 3.8) is 0 Å². The molecule has 18 heavy (non-hydrogen) atoms. The first-order valence-electron chi connectivity index (χ1n) is 6.03. The number of esters is 1. The third-order valence-electron chi connectivity index (χ3n) is 2.76. The van der Waals surface area contributed by atoms with Crippen LogP contribution in [0.3, 0.4) is 0 Å². The Kier molecular flexibility index (Phi) is 3.87. The molecule has 0 saturated carbocycles. The largest absolute Gasteiger partial charge is 0.493 e. The van der Waals surface area contributed by atoms with Crippen LogP contribution in [-0.4, -0.2) is 24.3 Å². The lowest BCUT2D eigenvalue weighted by molar-refractivity contribution is -0.141. The monoisotopic (exact) mass is 247 g/mol. The van der Waals surface area contributed by atoms with Gasteiger partial charge in [-0.25, -0.2) is 0 Å². The summed E-state index contributed by atoms with van der Waals surface area (Å²) in [4.78, 5) is 11.3. The maximum Gasteiger partial charge on any atom is 0.325 e. The minimum Gasteiger partial charge on any atom is -0.493 e. The van der Waals surface area contributed by atoms with Crippen molar-refractivity contribution in [2.75, 3.05) is 13.7 Å². The van der Waals surface area contributed by atoms with Crippen LogP contribution in [0.5, 0.6) is 5.75 Å². The number of hydrogen-bond acceptors (Lipinski definition) is 3. The van der Waals surface area contributed by atoms with Crippen molar-refractivity contribution in [3.8, 4) is 5.75 Å². The molecule has 0 saturated heterocycles. The van der Waals surface area contributed by atoms with E-state index in [4.69, 9.17) is 4.74 Å². The summed E-state index contributed by atoms with van der Waals surface area (Å²) in [5.41, 5.74) is 0.981. The van der Waals surface area contributed by atoms with E-state index in [1.807, 2.05) is 35.0 Å². The molecule has 0 aliphatic heterocycles. The van der Waals surface area contributed by atoms with Crippen molar-refractivity contribution in [2.45, 2.75) is 19.9 Å². The van der Waals surface area contributed by atoms with Gasteiger partial charge in [0.25, 0.3) is 0 Å². The second-order valence-electron chi connectivity index (χ2n) is 4.06. The Bertz CT molecular complexity index is 545. The number of carbonyl (C=O) groups excluding carboxylic acids is 1. The zero-order chi connectivity index (χ0) is 13.0. The van der Waals surface area contributed by atoms with Crippen molar-refractivity contribution >= 4 is 16.9 Å². The van der Waals surface area contributed by atoms with E-state index in [1.165, 1.54) is 7.11 Å². The number of aromatic nitrogens is 1. The van der Waals surface area contributed by atoms with Gasteiger partial charge in [-0.2, -0.15) is 0 Å². The fraction of sp³-hybridized carbons (Fsp3) is 0.357. The van der Waals surface area contributed by atoms with Gasteiger partial charge in [0, 0.05) is 11.6 Å². The summed E-state index contributed by atoms with van der Waals surface area (Å²) in [5, 5.41) is 1.02. The summed E-state index contributed by atoms with van der Waals surface area (Å²) in [5.74, 6) is 0.602. The maximum absolute atomic E-state index is 11.3. The molecule has 4 nitrogen and oxygen atoms in total. The lowest BCUT2D eigenvalue weighted by atomic mass is 10.2. The number of fused-ring (bicyclic) bond motifs is 1. The third kappa shape index (κ3) is 2.47. The number of methoxy groups -OCH3 is 1. The van der Waals surface area contributed by atoms with Crippen LogP contribution in [0.4, 0.5) is 0 Å². The molecule has 1 heterocycles. The standard InChI is InChI=1S/C14H17NO3/c1-3-9-18-13-6-4-5-12-11(13)7-8-15(12)10-14(16)17-2/h4-8H,3,9-10H2,1-2H3. The van der Waals surface area contributed by atoms with E-state index < -0.39 is 0 Å². The zero-order valence-electron chi connectivity index (χ0n) is 10.7. The number of carbonyl (C=O) groups is 1. The van der Waals surface area contributed by atoms with Crippen LogP contribution in [0.15, 0.2) is 30.5 Å². The normalized spacial score (nSPS) is 10.6. The van der Waals surface area contributed by atoms with Crippen molar-refractivity contribution in [2.24, 2.45) is 0 Å². The lowest BCUT2D eigenvalue weighted by Crippen LogP contribution is -2.10. The zero-order valence-corrected chi connectivity index (χ0v) is 10.7. The molecule has 96 valence electrons. The van der Waals surface area contributed by atoms with Crippen LogP contribution in [0, 0.1) is 0 Å². The van der Waals surface area contributed by atoms with E-state index in [-0.39, 0.29) is 12.5 Å². The molecule has 0 aliphatic rings. The van der Waals surface area contributed by atoms with Crippen molar-refractivity contribution < 1.29 is 14.3 Å². The molecule has 0 aliphatic carbocycles. The first-order valence-corrected chi connectivity index (χ1v) is 6.03. The molecule has 1 aromatic heterocycles. The predicted molar refractivity (Wildman–Crippen MR) is 69.7 cm³/mol.